The van der Waals surface area contributed by atoms with Gasteiger partial charge in [0.25, 0.3) is 0 Å². The molecular weight excluding hydrogens is 319 g/mol. The van der Waals surface area contributed by atoms with Gasteiger partial charge < -0.3 is 9.63 Å². The maximum absolute atomic E-state index is 13.2. The summed E-state index contributed by atoms with van der Waals surface area (Å²) < 4.78 is 18.8. The fourth-order valence-corrected chi connectivity index (χ4v) is 1.95. The van der Waals surface area contributed by atoms with Gasteiger partial charge >= 0.3 is 5.97 Å². The molecule has 0 radical (unpaired) electrons. The maximum atomic E-state index is 13.2. The van der Waals surface area contributed by atoms with Crippen LogP contribution in [-0.2, 0) is 11.2 Å². The van der Waals surface area contributed by atoms with Crippen LogP contribution in [0.1, 0.15) is 18.7 Å². The van der Waals surface area contributed by atoms with Crippen LogP contribution in [0.5, 0.6) is 0 Å². The van der Waals surface area contributed by atoms with Gasteiger partial charge in [0.1, 0.15) is 5.82 Å². The van der Waals surface area contributed by atoms with Gasteiger partial charge in [0.2, 0.25) is 11.7 Å². The first kappa shape index (κ1) is 13.7. The lowest BCUT2D eigenvalue weighted by molar-refractivity contribution is -0.137. The molecule has 7 heteroatoms. The van der Waals surface area contributed by atoms with Gasteiger partial charge in [-0.25, -0.2) is 4.39 Å². The van der Waals surface area contributed by atoms with Crippen molar-refractivity contribution < 1.29 is 18.8 Å². The molecule has 0 aliphatic heterocycles. The normalized spacial score (nSPS) is 10.6. The van der Waals surface area contributed by atoms with Crippen LogP contribution in [-0.4, -0.2) is 21.2 Å². The molecule has 0 saturated heterocycles. The van der Waals surface area contributed by atoms with Crippen molar-refractivity contribution >= 4 is 21.9 Å². The summed E-state index contributed by atoms with van der Waals surface area (Å²) >= 11 is 3.28. The van der Waals surface area contributed by atoms with E-state index in [2.05, 4.69) is 26.1 Å². The van der Waals surface area contributed by atoms with Crippen molar-refractivity contribution in [2.24, 2.45) is 0 Å². The van der Waals surface area contributed by atoms with Gasteiger partial charge in [-0.05, 0) is 24.6 Å². The number of halogens is 2. The van der Waals surface area contributed by atoms with Crippen molar-refractivity contribution in [2.45, 2.75) is 19.3 Å². The number of carboxylic acid groups (broad SMARTS) is 1. The third-order valence-electron chi connectivity index (χ3n) is 2.42. The van der Waals surface area contributed by atoms with E-state index in [1.165, 1.54) is 12.1 Å². The standard InChI is InChI=1S/C12H10BrFN2O3/c13-9-5-4-7(14)6-8(9)12-15-10(19-16-12)2-1-3-11(17)18/h4-6H,1-3H2,(H,17,18). The molecule has 0 aliphatic carbocycles. The first-order chi connectivity index (χ1) is 9.06. The third-order valence-corrected chi connectivity index (χ3v) is 3.11. The monoisotopic (exact) mass is 328 g/mol. The van der Waals surface area contributed by atoms with E-state index in [9.17, 15) is 9.18 Å². The molecule has 0 fully saturated rings. The molecule has 0 aliphatic rings. The third kappa shape index (κ3) is 3.60. The van der Waals surface area contributed by atoms with Crippen LogP contribution in [0.3, 0.4) is 0 Å². The number of rotatable bonds is 5. The summed E-state index contributed by atoms with van der Waals surface area (Å²) in [6.45, 7) is 0. The van der Waals surface area contributed by atoms with E-state index in [0.717, 1.165) is 0 Å². The van der Waals surface area contributed by atoms with Crippen molar-refractivity contribution in [1.29, 1.82) is 0 Å². The van der Waals surface area contributed by atoms with Crippen LogP contribution >= 0.6 is 15.9 Å². The summed E-state index contributed by atoms with van der Waals surface area (Å²) in [5.74, 6) is -0.646. The van der Waals surface area contributed by atoms with E-state index in [1.807, 2.05) is 0 Å². The Morgan fingerprint density at radius 1 is 1.47 bits per heavy atom. The molecule has 0 unspecified atom stereocenters. The highest BCUT2D eigenvalue weighted by molar-refractivity contribution is 9.10. The first-order valence-electron chi connectivity index (χ1n) is 5.56. The quantitative estimate of drug-likeness (QED) is 0.912. The highest BCUT2D eigenvalue weighted by Gasteiger charge is 2.12. The second-order valence-electron chi connectivity index (χ2n) is 3.88. The molecule has 5 nitrogen and oxygen atoms in total. The largest absolute Gasteiger partial charge is 0.481 e. The average Bonchev–Trinajstić information content (AvgIpc) is 2.80. The highest BCUT2D eigenvalue weighted by Crippen LogP contribution is 2.26. The van der Waals surface area contributed by atoms with Gasteiger partial charge in [-0.3, -0.25) is 4.79 Å². The molecule has 2 rings (SSSR count). The fourth-order valence-electron chi connectivity index (χ4n) is 1.53. The van der Waals surface area contributed by atoms with E-state index in [0.29, 0.717) is 28.8 Å². The number of aryl methyl sites for hydroxylation is 1. The molecule has 1 aromatic carbocycles. The van der Waals surface area contributed by atoms with Crippen LogP contribution in [0, 0.1) is 5.82 Å². The molecule has 0 bridgehead atoms. The summed E-state index contributed by atoms with van der Waals surface area (Å²) in [5, 5.41) is 12.3. The minimum atomic E-state index is -0.868. The van der Waals surface area contributed by atoms with E-state index in [1.54, 1.807) is 6.07 Å². The fraction of sp³-hybridized carbons (Fsp3) is 0.250. The molecule has 100 valence electrons. The van der Waals surface area contributed by atoms with Crippen molar-refractivity contribution in [3.63, 3.8) is 0 Å². The Bertz CT molecular complexity index is 600. The van der Waals surface area contributed by atoms with Crippen LogP contribution in [0.15, 0.2) is 27.2 Å². The number of aliphatic carboxylic acids is 1. The molecule has 0 atom stereocenters. The number of carboxylic acids is 1. The molecule has 1 N–H and O–H groups in total. The SMILES string of the molecule is O=C(O)CCCc1nc(-c2cc(F)ccc2Br)no1. The Labute approximate surface area is 116 Å². The van der Waals surface area contributed by atoms with Gasteiger partial charge in [-0.15, -0.1) is 0 Å². The summed E-state index contributed by atoms with van der Waals surface area (Å²) in [4.78, 5) is 14.5. The Balaban J connectivity index is 2.12. The van der Waals surface area contributed by atoms with E-state index in [4.69, 9.17) is 9.63 Å². The highest BCUT2D eigenvalue weighted by atomic mass is 79.9. The predicted octanol–water partition coefficient (Wildman–Crippen LogP) is 3.05. The Hall–Kier alpha value is -1.76. The zero-order valence-corrected chi connectivity index (χ0v) is 11.4. The summed E-state index contributed by atoms with van der Waals surface area (Å²) in [6.07, 6.45) is 0.842. The lowest BCUT2D eigenvalue weighted by atomic mass is 10.2. The van der Waals surface area contributed by atoms with E-state index >= 15 is 0 Å². The lowest BCUT2D eigenvalue weighted by Gasteiger charge is -1.98. The molecule has 0 amide bonds. The number of benzene rings is 1. The molecule has 0 spiro atoms. The minimum Gasteiger partial charge on any atom is -0.481 e. The van der Waals surface area contributed by atoms with Gasteiger partial charge in [0.15, 0.2) is 0 Å². The van der Waals surface area contributed by atoms with E-state index < -0.39 is 11.8 Å². The number of carbonyl (C=O) groups is 1. The summed E-state index contributed by atoms with van der Waals surface area (Å²) in [6, 6.07) is 4.18. The smallest absolute Gasteiger partial charge is 0.303 e. The zero-order chi connectivity index (χ0) is 13.8. The lowest BCUT2D eigenvalue weighted by Crippen LogP contribution is -1.96. The van der Waals surface area contributed by atoms with E-state index in [-0.39, 0.29) is 12.2 Å². The number of hydrogen-bond acceptors (Lipinski definition) is 4. The van der Waals surface area contributed by atoms with Gasteiger partial charge in [-0.2, -0.15) is 4.98 Å². The summed E-state index contributed by atoms with van der Waals surface area (Å²) in [7, 11) is 0. The van der Waals surface area contributed by atoms with Crippen molar-refractivity contribution in [3.05, 3.63) is 34.4 Å². The molecule has 0 saturated carbocycles. The number of hydrogen-bond donors (Lipinski definition) is 1. The van der Waals surface area contributed by atoms with Crippen molar-refractivity contribution in [2.75, 3.05) is 0 Å². The molecule has 1 aromatic heterocycles. The first-order valence-corrected chi connectivity index (χ1v) is 6.35. The van der Waals surface area contributed by atoms with Crippen LogP contribution in [0.4, 0.5) is 4.39 Å². The minimum absolute atomic E-state index is 0.0430. The Morgan fingerprint density at radius 2 is 2.26 bits per heavy atom. The van der Waals surface area contributed by atoms with Crippen molar-refractivity contribution in [1.82, 2.24) is 10.1 Å². The van der Waals surface area contributed by atoms with Crippen LogP contribution < -0.4 is 0 Å². The molecular formula is C12H10BrFN2O3. The maximum Gasteiger partial charge on any atom is 0.303 e. The second kappa shape index (κ2) is 5.92. The van der Waals surface area contributed by atoms with Gasteiger partial charge in [0.05, 0.1) is 0 Å². The number of nitrogens with zero attached hydrogens (tertiary/aromatic N) is 2. The second-order valence-corrected chi connectivity index (χ2v) is 4.74. The van der Waals surface area contributed by atoms with Crippen LogP contribution in [0.2, 0.25) is 0 Å². The predicted molar refractivity (Wildman–Crippen MR) is 68.0 cm³/mol. The Morgan fingerprint density at radius 3 is 3.00 bits per heavy atom. The number of aromatic nitrogens is 2. The molecule has 19 heavy (non-hydrogen) atoms. The topological polar surface area (TPSA) is 76.2 Å². The molecule has 1 heterocycles. The van der Waals surface area contributed by atoms with Crippen molar-refractivity contribution in [3.8, 4) is 11.4 Å². The molecule has 2 aromatic rings. The van der Waals surface area contributed by atoms with Gasteiger partial charge in [0, 0.05) is 22.9 Å². The van der Waals surface area contributed by atoms with Crippen LogP contribution in [0.25, 0.3) is 11.4 Å². The Kier molecular flexibility index (Phi) is 4.26. The zero-order valence-electron chi connectivity index (χ0n) is 9.77. The average molecular weight is 329 g/mol. The van der Waals surface area contributed by atoms with Gasteiger partial charge in [-0.1, -0.05) is 21.1 Å². The summed E-state index contributed by atoms with van der Waals surface area (Å²) in [5.41, 5.74) is 0.494.